The lowest BCUT2D eigenvalue weighted by Gasteiger charge is -2.35. The highest BCUT2D eigenvalue weighted by Crippen LogP contribution is 2.27. The second-order valence-electron chi connectivity index (χ2n) is 7.41. The molecule has 1 aromatic heterocycles. The number of urea groups is 1. The van der Waals surface area contributed by atoms with Gasteiger partial charge in [-0.1, -0.05) is 18.2 Å². The summed E-state index contributed by atoms with van der Waals surface area (Å²) < 4.78 is 10.8. The minimum Gasteiger partial charge on any atom is -0.467 e. The van der Waals surface area contributed by atoms with Gasteiger partial charge >= 0.3 is 12.0 Å². The number of furan rings is 1. The molecule has 1 atom stereocenters. The van der Waals surface area contributed by atoms with Crippen LogP contribution in [-0.4, -0.2) is 51.3 Å². The zero-order chi connectivity index (χ0) is 20.9. The van der Waals surface area contributed by atoms with E-state index in [1.165, 1.54) is 16.9 Å². The van der Waals surface area contributed by atoms with Crippen LogP contribution >= 0.6 is 0 Å². The average molecular weight is 411 g/mol. The smallest absolute Gasteiger partial charge is 0.338 e. The van der Waals surface area contributed by atoms with Gasteiger partial charge in [-0.25, -0.2) is 9.59 Å². The van der Waals surface area contributed by atoms with Gasteiger partial charge in [0.1, 0.15) is 18.3 Å². The van der Waals surface area contributed by atoms with Crippen molar-refractivity contribution in [2.75, 3.05) is 44.2 Å². The van der Waals surface area contributed by atoms with Crippen LogP contribution in [0.3, 0.4) is 0 Å². The highest BCUT2D eigenvalue weighted by Gasteiger charge is 2.37. The molecule has 3 heterocycles. The molecule has 0 unspecified atom stereocenters. The van der Waals surface area contributed by atoms with Crippen LogP contribution in [-0.2, 0) is 9.53 Å². The number of rotatable bonds is 6. The van der Waals surface area contributed by atoms with Crippen molar-refractivity contribution in [3.8, 4) is 0 Å². The number of ether oxygens (including phenoxy) is 1. The molecule has 1 aromatic carbocycles. The molecule has 8 nitrogen and oxygen atoms in total. The summed E-state index contributed by atoms with van der Waals surface area (Å²) in [5, 5.41) is 5.62. The highest BCUT2D eigenvalue weighted by molar-refractivity contribution is 5.95. The maximum absolute atomic E-state index is 12.8. The monoisotopic (exact) mass is 411 g/mol. The van der Waals surface area contributed by atoms with E-state index in [0.29, 0.717) is 23.6 Å². The highest BCUT2D eigenvalue weighted by atomic mass is 16.5. The van der Waals surface area contributed by atoms with E-state index in [9.17, 15) is 9.59 Å². The SMILES string of the molecule is CCOC(=O)C1=C(C[NH+]2CCN(c3ccccc3)CC2)NC(=O)N[C@H]1c1ccco1. The third-order valence-corrected chi connectivity index (χ3v) is 5.50. The molecule has 3 N–H and O–H groups in total. The van der Waals surface area contributed by atoms with E-state index in [-0.39, 0.29) is 12.6 Å². The van der Waals surface area contributed by atoms with Crippen LogP contribution in [0.2, 0.25) is 0 Å². The van der Waals surface area contributed by atoms with E-state index < -0.39 is 12.0 Å². The van der Waals surface area contributed by atoms with Crippen molar-refractivity contribution in [1.29, 1.82) is 0 Å². The number of piperazine rings is 1. The van der Waals surface area contributed by atoms with E-state index in [0.717, 1.165) is 26.2 Å². The van der Waals surface area contributed by atoms with Crippen molar-refractivity contribution in [2.45, 2.75) is 13.0 Å². The lowest BCUT2D eigenvalue weighted by atomic mass is 9.99. The van der Waals surface area contributed by atoms with Gasteiger partial charge in [0.05, 0.1) is 50.3 Å². The van der Waals surface area contributed by atoms with Gasteiger partial charge in [0.25, 0.3) is 0 Å². The standard InChI is InChI=1S/C22H26N4O4/c1-2-29-21(27)19-17(23-22(28)24-20(19)18-9-6-14-30-18)15-25-10-12-26(13-11-25)16-7-4-3-5-8-16/h3-9,14,20H,2,10-13,15H2,1H3,(H2,23,24,28)/p+1/t20-/m0/s1. The van der Waals surface area contributed by atoms with Crippen LogP contribution in [0, 0.1) is 0 Å². The van der Waals surface area contributed by atoms with E-state index in [1.54, 1.807) is 19.1 Å². The molecule has 1 fully saturated rings. The molecule has 158 valence electrons. The van der Waals surface area contributed by atoms with Crippen LogP contribution < -0.4 is 20.4 Å². The van der Waals surface area contributed by atoms with E-state index >= 15 is 0 Å². The summed E-state index contributed by atoms with van der Waals surface area (Å²) in [6, 6.07) is 12.8. The molecule has 0 saturated carbocycles. The van der Waals surface area contributed by atoms with Crippen LogP contribution in [0.15, 0.2) is 64.4 Å². The number of nitrogens with zero attached hydrogens (tertiary/aromatic N) is 1. The zero-order valence-corrected chi connectivity index (χ0v) is 17.0. The molecular weight excluding hydrogens is 384 g/mol. The Morgan fingerprint density at radius 1 is 1.20 bits per heavy atom. The Morgan fingerprint density at radius 3 is 2.63 bits per heavy atom. The predicted molar refractivity (Wildman–Crippen MR) is 111 cm³/mol. The molecule has 2 amide bonds. The third kappa shape index (κ3) is 4.33. The van der Waals surface area contributed by atoms with Crippen LogP contribution in [0.25, 0.3) is 0 Å². The van der Waals surface area contributed by atoms with Gasteiger partial charge in [0.15, 0.2) is 0 Å². The molecular formula is C22H27N4O4+. The number of hydrogen-bond donors (Lipinski definition) is 3. The number of esters is 1. The summed E-state index contributed by atoms with van der Waals surface area (Å²) >= 11 is 0. The topological polar surface area (TPSA) is 88.2 Å². The van der Waals surface area contributed by atoms with Crippen molar-refractivity contribution >= 4 is 17.7 Å². The summed E-state index contributed by atoms with van der Waals surface area (Å²) in [5.41, 5.74) is 2.22. The molecule has 2 aliphatic rings. The van der Waals surface area contributed by atoms with Crippen LogP contribution in [0.5, 0.6) is 0 Å². The summed E-state index contributed by atoms with van der Waals surface area (Å²) in [5.74, 6) is 0.0676. The molecule has 0 radical (unpaired) electrons. The van der Waals surface area contributed by atoms with Crippen LogP contribution in [0.1, 0.15) is 18.7 Å². The number of carbonyl (C=O) groups excluding carboxylic acids is 2. The molecule has 1 saturated heterocycles. The number of benzene rings is 1. The van der Waals surface area contributed by atoms with Gasteiger partial charge in [-0.3, -0.25) is 0 Å². The van der Waals surface area contributed by atoms with Gasteiger partial charge in [0, 0.05) is 5.69 Å². The fraction of sp³-hybridized carbons (Fsp3) is 0.364. The molecule has 2 aliphatic heterocycles. The Morgan fingerprint density at radius 2 is 1.97 bits per heavy atom. The summed E-state index contributed by atoms with van der Waals surface area (Å²) in [7, 11) is 0. The van der Waals surface area contributed by atoms with Crippen molar-refractivity contribution in [3.05, 3.63) is 65.8 Å². The number of quaternary nitrogens is 1. The summed E-state index contributed by atoms with van der Waals surface area (Å²) in [6.07, 6.45) is 1.53. The average Bonchev–Trinajstić information content (AvgIpc) is 3.29. The van der Waals surface area contributed by atoms with E-state index in [4.69, 9.17) is 9.15 Å². The molecule has 0 bridgehead atoms. The first-order chi connectivity index (χ1) is 14.7. The number of nitrogens with one attached hydrogen (secondary N) is 3. The van der Waals surface area contributed by atoms with Gasteiger partial charge in [0.2, 0.25) is 0 Å². The van der Waals surface area contributed by atoms with E-state index in [1.807, 2.05) is 18.2 Å². The molecule has 2 aromatic rings. The van der Waals surface area contributed by atoms with Gasteiger partial charge in [-0.2, -0.15) is 0 Å². The Bertz CT molecular complexity index is 902. The maximum Gasteiger partial charge on any atom is 0.338 e. The summed E-state index contributed by atoms with van der Waals surface area (Å²) in [6.45, 7) is 6.21. The normalized spacial score (nSPS) is 20.0. The van der Waals surface area contributed by atoms with Crippen LogP contribution in [0.4, 0.5) is 10.5 Å². The fourth-order valence-corrected chi connectivity index (χ4v) is 4.02. The largest absolute Gasteiger partial charge is 0.467 e. The second kappa shape index (κ2) is 9.04. The Kier molecular flexibility index (Phi) is 6.04. The van der Waals surface area contributed by atoms with Crippen molar-refractivity contribution in [2.24, 2.45) is 0 Å². The molecule has 0 spiro atoms. The van der Waals surface area contributed by atoms with Gasteiger partial charge in [-0.15, -0.1) is 0 Å². The number of carbonyl (C=O) groups is 2. The summed E-state index contributed by atoms with van der Waals surface area (Å²) in [4.78, 5) is 28.7. The van der Waals surface area contributed by atoms with Crippen molar-refractivity contribution in [3.63, 3.8) is 0 Å². The molecule has 30 heavy (non-hydrogen) atoms. The lowest BCUT2D eigenvalue weighted by Crippen LogP contribution is -3.15. The Hall–Kier alpha value is -3.26. The Balaban J connectivity index is 1.53. The Labute approximate surface area is 175 Å². The molecule has 4 rings (SSSR count). The zero-order valence-electron chi connectivity index (χ0n) is 17.0. The first-order valence-electron chi connectivity index (χ1n) is 10.3. The number of amides is 2. The number of anilines is 1. The lowest BCUT2D eigenvalue weighted by molar-refractivity contribution is -0.896. The first-order valence-corrected chi connectivity index (χ1v) is 10.3. The molecule has 0 aliphatic carbocycles. The third-order valence-electron chi connectivity index (χ3n) is 5.50. The number of hydrogen-bond acceptors (Lipinski definition) is 5. The van der Waals surface area contributed by atoms with Gasteiger partial charge in [-0.05, 0) is 31.2 Å². The minimum atomic E-state index is -0.659. The van der Waals surface area contributed by atoms with Gasteiger partial charge < -0.3 is 29.6 Å². The predicted octanol–water partition coefficient (Wildman–Crippen LogP) is 0.856. The minimum absolute atomic E-state index is 0.261. The quantitative estimate of drug-likeness (QED) is 0.614. The van der Waals surface area contributed by atoms with Crippen molar-refractivity contribution in [1.82, 2.24) is 10.6 Å². The first kappa shape index (κ1) is 20.0. The van der Waals surface area contributed by atoms with E-state index in [2.05, 4.69) is 27.7 Å². The molecule has 8 heteroatoms. The fourth-order valence-electron chi connectivity index (χ4n) is 4.02. The maximum atomic E-state index is 12.8. The van der Waals surface area contributed by atoms with Crippen molar-refractivity contribution < 1.29 is 23.6 Å². The number of para-hydroxylation sites is 1. The second-order valence-corrected chi connectivity index (χ2v) is 7.41.